The Morgan fingerprint density at radius 1 is 1.32 bits per heavy atom. The Hall–Kier alpha value is -1.80. The summed E-state index contributed by atoms with van der Waals surface area (Å²) in [5, 5.41) is 22.4. The molecule has 2 amide bonds. The Balaban J connectivity index is 2.00. The third-order valence-electron chi connectivity index (χ3n) is 4.56. The van der Waals surface area contributed by atoms with E-state index >= 15 is 0 Å². The summed E-state index contributed by atoms with van der Waals surface area (Å²) >= 11 is 0. The lowest BCUT2D eigenvalue weighted by Crippen LogP contribution is -2.66. The van der Waals surface area contributed by atoms with Gasteiger partial charge in [0.15, 0.2) is 0 Å². The summed E-state index contributed by atoms with van der Waals surface area (Å²) in [6, 6.07) is 4.93. The molecule has 3 rings (SSSR count). The quantitative estimate of drug-likeness (QED) is 0.549. The SMILES string of the molecule is C[C@]1(N2C(=O)c3ccc(CN)cc3C2=O)CCC(O)NC1O. The predicted molar refractivity (Wildman–Crippen MR) is 77.6 cm³/mol. The van der Waals surface area contributed by atoms with Gasteiger partial charge in [0.1, 0.15) is 12.5 Å². The fourth-order valence-corrected chi connectivity index (χ4v) is 3.12. The second-order valence-electron chi connectivity index (χ2n) is 6.01. The van der Waals surface area contributed by atoms with Crippen molar-refractivity contribution in [2.24, 2.45) is 5.73 Å². The summed E-state index contributed by atoms with van der Waals surface area (Å²) in [5.74, 6) is -0.863. The molecule has 2 unspecified atom stereocenters. The molecule has 0 spiro atoms. The van der Waals surface area contributed by atoms with E-state index in [-0.39, 0.29) is 6.54 Å². The summed E-state index contributed by atoms with van der Waals surface area (Å²) in [6.45, 7) is 1.92. The van der Waals surface area contributed by atoms with Gasteiger partial charge in [-0.25, -0.2) is 0 Å². The van der Waals surface area contributed by atoms with Gasteiger partial charge in [-0.1, -0.05) is 6.07 Å². The maximum absolute atomic E-state index is 12.7. The highest BCUT2D eigenvalue weighted by molar-refractivity contribution is 6.22. The molecule has 0 aromatic heterocycles. The fourth-order valence-electron chi connectivity index (χ4n) is 3.12. The zero-order valence-corrected chi connectivity index (χ0v) is 12.2. The number of aliphatic hydroxyl groups excluding tert-OH is 2. The average molecular weight is 305 g/mol. The predicted octanol–water partition coefficient (Wildman–Crippen LogP) is -0.480. The van der Waals surface area contributed by atoms with Gasteiger partial charge in [-0.05, 0) is 37.5 Å². The van der Waals surface area contributed by atoms with E-state index in [1.807, 2.05) is 0 Å². The third-order valence-corrected chi connectivity index (χ3v) is 4.56. The van der Waals surface area contributed by atoms with Crippen molar-refractivity contribution in [3.63, 3.8) is 0 Å². The normalized spacial score (nSPS) is 31.5. The first kappa shape index (κ1) is 15.1. The number of carbonyl (C=O) groups is 2. The van der Waals surface area contributed by atoms with Crippen molar-refractivity contribution < 1.29 is 19.8 Å². The largest absolute Gasteiger partial charge is 0.379 e. The number of piperidine rings is 1. The molecule has 3 atom stereocenters. The highest BCUT2D eigenvalue weighted by Gasteiger charge is 2.52. The van der Waals surface area contributed by atoms with Crippen LogP contribution < -0.4 is 11.1 Å². The van der Waals surface area contributed by atoms with Crippen LogP contribution in [0.5, 0.6) is 0 Å². The van der Waals surface area contributed by atoms with Gasteiger partial charge in [-0.3, -0.25) is 19.8 Å². The van der Waals surface area contributed by atoms with E-state index in [0.29, 0.717) is 24.0 Å². The molecule has 0 aliphatic carbocycles. The molecular weight excluding hydrogens is 286 g/mol. The first-order chi connectivity index (χ1) is 10.4. The van der Waals surface area contributed by atoms with Gasteiger partial charge < -0.3 is 15.9 Å². The molecule has 2 aliphatic rings. The number of amides is 2. The monoisotopic (exact) mass is 305 g/mol. The van der Waals surface area contributed by atoms with Crippen LogP contribution in [0.4, 0.5) is 0 Å². The first-order valence-electron chi connectivity index (χ1n) is 7.22. The van der Waals surface area contributed by atoms with Crippen LogP contribution in [0.1, 0.15) is 46.0 Å². The number of rotatable bonds is 2. The number of hydrogen-bond acceptors (Lipinski definition) is 6. The minimum Gasteiger partial charge on any atom is -0.379 e. The Labute approximate surface area is 127 Å². The molecule has 1 aromatic rings. The van der Waals surface area contributed by atoms with Crippen LogP contribution in [-0.4, -0.2) is 44.9 Å². The van der Waals surface area contributed by atoms with Gasteiger partial charge in [0.25, 0.3) is 11.8 Å². The fraction of sp³-hybridized carbons (Fsp3) is 0.467. The summed E-state index contributed by atoms with van der Waals surface area (Å²) in [6.07, 6.45) is -1.37. The molecule has 2 aliphatic heterocycles. The second kappa shape index (κ2) is 5.13. The van der Waals surface area contributed by atoms with Gasteiger partial charge in [0.05, 0.1) is 16.7 Å². The van der Waals surface area contributed by atoms with Crippen molar-refractivity contribution in [2.75, 3.05) is 0 Å². The molecule has 1 saturated heterocycles. The number of imide groups is 1. The van der Waals surface area contributed by atoms with Crippen LogP contribution in [0.3, 0.4) is 0 Å². The van der Waals surface area contributed by atoms with E-state index in [4.69, 9.17) is 5.73 Å². The van der Waals surface area contributed by atoms with E-state index in [9.17, 15) is 19.8 Å². The topological polar surface area (TPSA) is 116 Å². The maximum atomic E-state index is 12.7. The molecule has 2 heterocycles. The maximum Gasteiger partial charge on any atom is 0.262 e. The Morgan fingerprint density at radius 3 is 2.64 bits per heavy atom. The summed E-state index contributed by atoms with van der Waals surface area (Å²) in [4.78, 5) is 26.4. The second-order valence-corrected chi connectivity index (χ2v) is 6.01. The summed E-state index contributed by atoms with van der Waals surface area (Å²) in [7, 11) is 0. The number of nitrogens with zero attached hydrogens (tertiary/aromatic N) is 1. The molecule has 0 bridgehead atoms. The molecule has 1 aromatic carbocycles. The molecule has 118 valence electrons. The lowest BCUT2D eigenvalue weighted by Gasteiger charge is -2.45. The van der Waals surface area contributed by atoms with Gasteiger partial charge in [-0.15, -0.1) is 0 Å². The minimum atomic E-state index is -1.19. The third kappa shape index (κ3) is 2.05. The average Bonchev–Trinajstić information content (AvgIpc) is 2.75. The molecule has 7 nitrogen and oxygen atoms in total. The molecule has 1 fully saturated rings. The van der Waals surface area contributed by atoms with Crippen LogP contribution in [0, 0.1) is 0 Å². The number of nitrogens with one attached hydrogen (secondary N) is 1. The van der Waals surface area contributed by atoms with Crippen molar-refractivity contribution in [1.29, 1.82) is 0 Å². The molecule has 22 heavy (non-hydrogen) atoms. The summed E-state index contributed by atoms with van der Waals surface area (Å²) in [5.41, 5.74) is 5.88. The number of benzene rings is 1. The highest BCUT2D eigenvalue weighted by Crippen LogP contribution is 2.36. The zero-order valence-electron chi connectivity index (χ0n) is 12.2. The highest BCUT2D eigenvalue weighted by atomic mass is 16.3. The van der Waals surface area contributed by atoms with Crippen molar-refractivity contribution in [3.05, 3.63) is 34.9 Å². The number of carbonyl (C=O) groups excluding carboxylic acids is 2. The lowest BCUT2D eigenvalue weighted by atomic mass is 9.87. The number of fused-ring (bicyclic) bond motifs is 1. The number of nitrogens with two attached hydrogens (primary N) is 1. The first-order valence-corrected chi connectivity index (χ1v) is 7.22. The van der Waals surface area contributed by atoms with Gasteiger partial charge in [0, 0.05) is 6.54 Å². The van der Waals surface area contributed by atoms with Crippen molar-refractivity contribution in [1.82, 2.24) is 10.2 Å². The van der Waals surface area contributed by atoms with Crippen LogP contribution in [0.2, 0.25) is 0 Å². The van der Waals surface area contributed by atoms with Crippen LogP contribution in [0.15, 0.2) is 18.2 Å². The Bertz CT molecular complexity index is 648. The smallest absolute Gasteiger partial charge is 0.262 e. The standard InChI is InChI=1S/C15H19N3O4/c1-15(5-4-11(19)17-14(15)22)18-12(20)9-3-2-8(7-16)6-10(9)13(18)21/h2-3,6,11,14,17,19,22H,4-5,7,16H2,1H3/t11?,14?,15-/m0/s1. The van der Waals surface area contributed by atoms with Crippen LogP contribution in [0.25, 0.3) is 0 Å². The van der Waals surface area contributed by atoms with Gasteiger partial charge in [0.2, 0.25) is 0 Å². The van der Waals surface area contributed by atoms with E-state index in [2.05, 4.69) is 5.32 Å². The van der Waals surface area contributed by atoms with E-state index in [1.54, 1.807) is 25.1 Å². The van der Waals surface area contributed by atoms with Crippen molar-refractivity contribution >= 4 is 11.8 Å². The van der Waals surface area contributed by atoms with Crippen LogP contribution in [-0.2, 0) is 6.54 Å². The lowest BCUT2D eigenvalue weighted by molar-refractivity contribution is -0.0827. The number of hydrogen-bond donors (Lipinski definition) is 4. The molecular formula is C15H19N3O4. The number of aliphatic hydroxyl groups is 2. The summed E-state index contributed by atoms with van der Waals surface area (Å²) < 4.78 is 0. The molecule has 0 radical (unpaired) electrons. The van der Waals surface area contributed by atoms with E-state index in [1.165, 1.54) is 0 Å². The minimum absolute atomic E-state index is 0.280. The zero-order chi connectivity index (χ0) is 16.1. The van der Waals surface area contributed by atoms with E-state index in [0.717, 1.165) is 10.5 Å². The van der Waals surface area contributed by atoms with Gasteiger partial charge in [-0.2, -0.15) is 0 Å². The van der Waals surface area contributed by atoms with E-state index < -0.39 is 29.8 Å². The Morgan fingerprint density at radius 2 is 2.00 bits per heavy atom. The van der Waals surface area contributed by atoms with Crippen molar-refractivity contribution in [2.45, 2.75) is 44.3 Å². The van der Waals surface area contributed by atoms with Crippen LogP contribution >= 0.6 is 0 Å². The van der Waals surface area contributed by atoms with Gasteiger partial charge >= 0.3 is 0 Å². The Kier molecular flexibility index (Phi) is 3.53. The molecule has 5 N–H and O–H groups in total. The molecule has 7 heteroatoms. The molecule has 0 saturated carbocycles. The van der Waals surface area contributed by atoms with Crippen molar-refractivity contribution in [3.8, 4) is 0 Å².